The van der Waals surface area contributed by atoms with E-state index in [1.165, 1.54) is 4.90 Å². The zero-order valence-electron chi connectivity index (χ0n) is 15.5. The van der Waals surface area contributed by atoms with Gasteiger partial charge in [0.2, 0.25) is 0 Å². The predicted molar refractivity (Wildman–Crippen MR) is 104 cm³/mol. The van der Waals surface area contributed by atoms with E-state index in [4.69, 9.17) is 5.41 Å². The Balaban J connectivity index is 2.27. The number of hydrogen-bond donors (Lipinski definition) is 2. The van der Waals surface area contributed by atoms with Crippen molar-refractivity contribution in [2.24, 2.45) is 0 Å². The predicted octanol–water partition coefficient (Wildman–Crippen LogP) is 2.83. The molecule has 4 nitrogen and oxygen atoms in total. The van der Waals surface area contributed by atoms with Gasteiger partial charge in [-0.15, -0.1) is 0 Å². The second kappa shape index (κ2) is 8.61. The van der Waals surface area contributed by atoms with E-state index >= 15 is 0 Å². The van der Waals surface area contributed by atoms with Crippen LogP contribution in [0, 0.1) is 6.92 Å². The molecule has 1 aromatic carbocycles. The van der Waals surface area contributed by atoms with Crippen LogP contribution in [0.25, 0.3) is 0 Å². The van der Waals surface area contributed by atoms with Crippen molar-refractivity contribution in [1.82, 2.24) is 4.90 Å². The highest BCUT2D eigenvalue weighted by atomic mass is 79.9. The average Bonchev–Trinajstić information content (AvgIpc) is 2.58. The van der Waals surface area contributed by atoms with Gasteiger partial charge in [-0.2, -0.15) is 13.2 Å². The van der Waals surface area contributed by atoms with Crippen LogP contribution in [0.1, 0.15) is 30.9 Å². The maximum atomic E-state index is 12.6. The number of nitrogens with one attached hydrogen (secondary N) is 1. The number of hydrogen-bond acceptors (Lipinski definition) is 3. The van der Waals surface area contributed by atoms with Crippen LogP contribution in [0.3, 0.4) is 0 Å². The minimum atomic E-state index is -4.14. The van der Waals surface area contributed by atoms with E-state index in [1.807, 2.05) is 20.0 Å². The van der Waals surface area contributed by atoms with Gasteiger partial charge in [-0.3, -0.25) is 10.3 Å². The molecule has 0 amide bonds. The highest BCUT2D eigenvalue weighted by Gasteiger charge is 2.34. The number of anilines is 2. The van der Waals surface area contributed by atoms with Crippen molar-refractivity contribution in [3.05, 3.63) is 21.7 Å². The second-order valence-corrected chi connectivity index (χ2v) is 7.47. The molecule has 0 spiro atoms. The molecule has 1 aliphatic rings. The van der Waals surface area contributed by atoms with Gasteiger partial charge in [0.25, 0.3) is 0 Å². The van der Waals surface area contributed by atoms with Crippen LogP contribution >= 0.6 is 15.9 Å². The minimum Gasteiger partial charge on any atom is -0.387 e. The molecular formula is C18H27BrF3N4+. The number of piperidine rings is 1. The molecule has 1 aromatic rings. The first-order valence-electron chi connectivity index (χ1n) is 8.83. The van der Waals surface area contributed by atoms with E-state index in [2.05, 4.69) is 33.1 Å². The van der Waals surface area contributed by atoms with Gasteiger partial charge < -0.3 is 10.2 Å². The largest absolute Gasteiger partial charge is 0.401 e. The molecule has 0 radical (unpaired) electrons. The first kappa shape index (κ1) is 21.0. The number of alkyl halides is 3. The molecule has 26 heavy (non-hydrogen) atoms. The van der Waals surface area contributed by atoms with Gasteiger partial charge in [0.1, 0.15) is 0 Å². The lowest BCUT2D eigenvalue weighted by atomic mass is 9.98. The Morgan fingerprint density at radius 1 is 1.38 bits per heavy atom. The Bertz CT molecular complexity index is 640. The first-order chi connectivity index (χ1) is 12.2. The SMILES string of the molecule is CCN(c1c(C)c(Br)cc(NC)c1C=[NH2+])C1CCN(CC(F)(F)F)CC1. The number of halogens is 4. The smallest absolute Gasteiger partial charge is 0.387 e. The van der Waals surface area contributed by atoms with Gasteiger partial charge in [-0.25, -0.2) is 0 Å². The summed E-state index contributed by atoms with van der Waals surface area (Å²) in [5.74, 6) is 0. The molecule has 146 valence electrons. The van der Waals surface area contributed by atoms with E-state index < -0.39 is 12.7 Å². The fraction of sp³-hybridized carbons (Fsp3) is 0.611. The zero-order chi connectivity index (χ0) is 19.5. The lowest BCUT2D eigenvalue weighted by Gasteiger charge is -2.40. The summed E-state index contributed by atoms with van der Waals surface area (Å²) in [6.45, 7) is 4.95. The van der Waals surface area contributed by atoms with Gasteiger partial charge in [-0.1, -0.05) is 15.9 Å². The molecule has 0 unspecified atom stereocenters. The van der Waals surface area contributed by atoms with Crippen LogP contribution in [-0.4, -0.2) is 56.6 Å². The lowest BCUT2D eigenvalue weighted by molar-refractivity contribution is -0.147. The lowest BCUT2D eigenvalue weighted by Crippen LogP contribution is -2.48. The molecule has 3 N–H and O–H groups in total. The molecule has 0 aliphatic carbocycles. The van der Waals surface area contributed by atoms with Crippen molar-refractivity contribution >= 4 is 33.5 Å². The molecule has 8 heteroatoms. The van der Waals surface area contributed by atoms with Crippen LogP contribution in [0.4, 0.5) is 24.5 Å². The Labute approximate surface area is 161 Å². The second-order valence-electron chi connectivity index (χ2n) is 6.62. The van der Waals surface area contributed by atoms with Crippen molar-refractivity contribution in [2.75, 3.05) is 43.4 Å². The third kappa shape index (κ3) is 4.71. The third-order valence-electron chi connectivity index (χ3n) is 4.99. The summed E-state index contributed by atoms with van der Waals surface area (Å²) in [4.78, 5) is 3.78. The number of rotatable bonds is 6. The third-order valence-corrected chi connectivity index (χ3v) is 5.82. The van der Waals surface area contributed by atoms with Gasteiger partial charge in [0.05, 0.1) is 23.5 Å². The maximum absolute atomic E-state index is 12.6. The van der Waals surface area contributed by atoms with Gasteiger partial charge in [0, 0.05) is 37.2 Å². The summed E-state index contributed by atoms with van der Waals surface area (Å²) < 4.78 is 38.9. The molecule has 1 aliphatic heterocycles. The Morgan fingerprint density at radius 2 is 2.00 bits per heavy atom. The Kier molecular flexibility index (Phi) is 6.96. The summed E-state index contributed by atoms with van der Waals surface area (Å²) in [5.41, 5.74) is 3.98. The molecule has 1 saturated heterocycles. The van der Waals surface area contributed by atoms with Crippen LogP contribution in [0.2, 0.25) is 0 Å². The molecule has 0 saturated carbocycles. The summed E-state index contributed by atoms with van der Waals surface area (Å²) in [5, 5.41) is 9.09. The monoisotopic (exact) mass is 435 g/mol. The topological polar surface area (TPSA) is 44.1 Å². The van der Waals surface area contributed by atoms with E-state index in [9.17, 15) is 13.2 Å². The zero-order valence-corrected chi connectivity index (χ0v) is 17.0. The summed E-state index contributed by atoms with van der Waals surface area (Å²) in [7, 11) is 1.85. The quantitative estimate of drug-likeness (QED) is 0.675. The van der Waals surface area contributed by atoms with Gasteiger partial charge in [0.15, 0.2) is 6.21 Å². The van der Waals surface area contributed by atoms with Crippen molar-refractivity contribution < 1.29 is 18.6 Å². The fourth-order valence-electron chi connectivity index (χ4n) is 3.74. The van der Waals surface area contributed by atoms with Crippen LogP contribution < -0.4 is 15.6 Å². The van der Waals surface area contributed by atoms with E-state index in [-0.39, 0.29) is 6.04 Å². The van der Waals surface area contributed by atoms with Crippen molar-refractivity contribution in [3.8, 4) is 0 Å². The van der Waals surface area contributed by atoms with Crippen LogP contribution in [0.15, 0.2) is 10.5 Å². The highest BCUT2D eigenvalue weighted by molar-refractivity contribution is 9.10. The van der Waals surface area contributed by atoms with Crippen LogP contribution in [-0.2, 0) is 0 Å². The first-order valence-corrected chi connectivity index (χ1v) is 9.62. The van der Waals surface area contributed by atoms with Gasteiger partial charge in [-0.05, 0) is 38.3 Å². The standard InChI is InChI=1S/C18H26BrF3N4/c1-4-26(13-5-7-25(8-6-13)11-18(20,21)22)17-12(2)15(19)9-16(24-3)14(17)10-23/h9-10,13,23-24H,4-8,11H2,1-3H3/p+1. The minimum absolute atomic E-state index is 0.195. The molecule has 2 rings (SSSR count). The summed E-state index contributed by atoms with van der Waals surface area (Å²) >= 11 is 3.61. The van der Waals surface area contributed by atoms with Gasteiger partial charge >= 0.3 is 6.18 Å². The Hall–Kier alpha value is -1.28. The number of likely N-dealkylation sites (tertiary alicyclic amines) is 1. The maximum Gasteiger partial charge on any atom is 0.401 e. The number of benzene rings is 1. The summed E-state index contributed by atoms with van der Waals surface area (Å²) in [6.07, 6.45) is -1.13. The number of nitrogens with zero attached hydrogens (tertiary/aromatic N) is 2. The van der Waals surface area contributed by atoms with Crippen LogP contribution in [0.5, 0.6) is 0 Å². The molecular weight excluding hydrogens is 409 g/mol. The van der Waals surface area contributed by atoms with Crippen molar-refractivity contribution in [2.45, 2.75) is 38.9 Å². The van der Waals surface area contributed by atoms with E-state index in [0.717, 1.165) is 33.5 Å². The molecule has 1 heterocycles. The number of nitrogens with two attached hydrogens (primary N) is 1. The normalized spacial score (nSPS) is 16.6. The highest BCUT2D eigenvalue weighted by Crippen LogP contribution is 2.37. The summed E-state index contributed by atoms with van der Waals surface area (Å²) in [6, 6.07) is 2.19. The molecule has 0 atom stereocenters. The van der Waals surface area contributed by atoms with E-state index in [1.54, 1.807) is 6.21 Å². The Morgan fingerprint density at radius 3 is 2.46 bits per heavy atom. The average molecular weight is 436 g/mol. The van der Waals surface area contributed by atoms with Crippen molar-refractivity contribution in [1.29, 1.82) is 0 Å². The van der Waals surface area contributed by atoms with Crippen molar-refractivity contribution in [3.63, 3.8) is 0 Å². The molecule has 0 aromatic heterocycles. The van der Waals surface area contributed by atoms with E-state index in [0.29, 0.717) is 25.9 Å². The molecule has 1 fully saturated rings. The molecule has 0 bridgehead atoms. The fourth-order valence-corrected chi connectivity index (χ4v) is 4.16.